The minimum atomic E-state index is 0.464. The van der Waals surface area contributed by atoms with E-state index < -0.39 is 0 Å². The maximum Gasteiger partial charge on any atom is 0.0438 e. The van der Waals surface area contributed by atoms with Crippen LogP contribution in [0.25, 0.3) is 0 Å². The predicted molar refractivity (Wildman–Crippen MR) is 93.0 cm³/mol. The fraction of sp³-hybridized carbons (Fsp3) is 0.684. The number of benzene rings is 1. The quantitative estimate of drug-likeness (QED) is 0.631. The molecule has 0 spiro atoms. The Morgan fingerprint density at radius 1 is 1.19 bits per heavy atom. The van der Waals surface area contributed by atoms with Gasteiger partial charge in [0.2, 0.25) is 0 Å². The Kier molecular flexibility index (Phi) is 7.06. The number of hydrogen-bond acceptors (Lipinski definition) is 1. The highest BCUT2D eigenvalue weighted by Crippen LogP contribution is 2.32. The van der Waals surface area contributed by atoms with Crippen LogP contribution < -0.4 is 5.32 Å². The van der Waals surface area contributed by atoms with E-state index in [1.807, 2.05) is 0 Å². The lowest BCUT2D eigenvalue weighted by atomic mass is 9.89. The molecule has 1 nitrogen and oxygen atoms in total. The number of halogens is 1. The Bertz CT molecular complexity index is 422. The van der Waals surface area contributed by atoms with Crippen LogP contribution in [0.2, 0.25) is 5.02 Å². The zero-order chi connectivity index (χ0) is 15.1. The highest BCUT2D eigenvalue weighted by molar-refractivity contribution is 6.31. The number of aryl methyl sites for hydroxylation is 1. The summed E-state index contributed by atoms with van der Waals surface area (Å²) in [5, 5.41) is 4.64. The minimum absolute atomic E-state index is 0.464. The second-order valence-corrected chi connectivity index (χ2v) is 7.02. The van der Waals surface area contributed by atoms with Gasteiger partial charge in [0.05, 0.1) is 0 Å². The van der Waals surface area contributed by atoms with Crippen molar-refractivity contribution in [3.8, 4) is 0 Å². The number of nitrogens with one attached hydrogen (secondary N) is 1. The van der Waals surface area contributed by atoms with Crippen molar-refractivity contribution in [3.05, 3.63) is 34.3 Å². The van der Waals surface area contributed by atoms with Crippen LogP contribution in [0, 0.1) is 12.8 Å². The molecule has 0 bridgehead atoms. The average Bonchev–Trinajstić information content (AvgIpc) is 2.75. The van der Waals surface area contributed by atoms with Crippen LogP contribution in [0.1, 0.15) is 75.5 Å². The van der Waals surface area contributed by atoms with E-state index in [9.17, 15) is 0 Å². The molecule has 1 unspecified atom stereocenters. The van der Waals surface area contributed by atoms with Gasteiger partial charge in [-0.25, -0.2) is 0 Å². The molecule has 1 aromatic rings. The van der Waals surface area contributed by atoms with Crippen molar-refractivity contribution < 1.29 is 0 Å². The van der Waals surface area contributed by atoms with E-state index in [4.69, 9.17) is 11.6 Å². The van der Waals surface area contributed by atoms with Crippen molar-refractivity contribution in [1.29, 1.82) is 0 Å². The summed E-state index contributed by atoms with van der Waals surface area (Å²) in [6, 6.07) is 7.04. The summed E-state index contributed by atoms with van der Waals surface area (Å²) < 4.78 is 0. The summed E-state index contributed by atoms with van der Waals surface area (Å²) in [6.07, 6.45) is 11.0. The summed E-state index contributed by atoms with van der Waals surface area (Å²) in [5.74, 6) is 0.877. The molecule has 1 aliphatic rings. The Morgan fingerprint density at radius 2 is 1.90 bits per heavy atom. The fourth-order valence-corrected chi connectivity index (χ4v) is 3.60. The number of hydrogen-bond donors (Lipinski definition) is 1. The van der Waals surface area contributed by atoms with Gasteiger partial charge in [0.15, 0.2) is 0 Å². The first-order valence-corrected chi connectivity index (χ1v) is 9.08. The normalized spacial score (nSPS) is 18.4. The molecule has 1 fully saturated rings. The van der Waals surface area contributed by atoms with E-state index >= 15 is 0 Å². The maximum atomic E-state index is 6.33. The molecule has 0 heterocycles. The summed E-state index contributed by atoms with van der Waals surface area (Å²) in [4.78, 5) is 0. The first-order valence-electron chi connectivity index (χ1n) is 8.70. The topological polar surface area (TPSA) is 12.0 Å². The highest BCUT2D eigenvalue weighted by atomic mass is 35.5. The smallest absolute Gasteiger partial charge is 0.0438 e. The molecule has 1 N–H and O–H groups in total. The van der Waals surface area contributed by atoms with Crippen molar-refractivity contribution in [2.75, 3.05) is 6.54 Å². The second-order valence-electron chi connectivity index (χ2n) is 6.61. The Balaban J connectivity index is 2.06. The highest BCUT2D eigenvalue weighted by Gasteiger charge is 2.19. The fourth-order valence-electron chi connectivity index (χ4n) is 3.41. The second kappa shape index (κ2) is 8.80. The molecule has 0 amide bonds. The first kappa shape index (κ1) is 16.8. The van der Waals surface area contributed by atoms with E-state index in [0.29, 0.717) is 6.04 Å². The van der Waals surface area contributed by atoms with Gasteiger partial charge in [-0.1, -0.05) is 69.2 Å². The van der Waals surface area contributed by atoms with Gasteiger partial charge in [0.1, 0.15) is 0 Å². The van der Waals surface area contributed by atoms with Gasteiger partial charge in [0, 0.05) is 11.1 Å². The van der Waals surface area contributed by atoms with Gasteiger partial charge in [-0.15, -0.1) is 0 Å². The van der Waals surface area contributed by atoms with Crippen molar-refractivity contribution in [1.82, 2.24) is 5.32 Å². The third-order valence-corrected chi connectivity index (χ3v) is 5.19. The van der Waals surface area contributed by atoms with Crippen LogP contribution >= 0.6 is 11.6 Å². The molecule has 2 rings (SSSR count). The summed E-state index contributed by atoms with van der Waals surface area (Å²) >= 11 is 6.33. The van der Waals surface area contributed by atoms with Gasteiger partial charge in [-0.2, -0.15) is 0 Å². The zero-order valence-electron chi connectivity index (χ0n) is 13.6. The third kappa shape index (κ3) is 5.30. The van der Waals surface area contributed by atoms with Crippen LogP contribution in [0.15, 0.2) is 18.2 Å². The van der Waals surface area contributed by atoms with Crippen molar-refractivity contribution >= 4 is 11.6 Å². The Hall–Kier alpha value is -0.530. The van der Waals surface area contributed by atoms with Gasteiger partial charge in [-0.3, -0.25) is 0 Å². The van der Waals surface area contributed by atoms with Crippen LogP contribution in [0.5, 0.6) is 0 Å². The molecule has 21 heavy (non-hydrogen) atoms. The Labute approximate surface area is 135 Å². The van der Waals surface area contributed by atoms with Crippen LogP contribution in [-0.2, 0) is 0 Å². The summed E-state index contributed by atoms with van der Waals surface area (Å²) in [7, 11) is 0. The van der Waals surface area contributed by atoms with Gasteiger partial charge in [0.25, 0.3) is 0 Å². The summed E-state index contributed by atoms with van der Waals surface area (Å²) in [6.45, 7) is 5.40. The van der Waals surface area contributed by atoms with Gasteiger partial charge < -0.3 is 5.32 Å². The van der Waals surface area contributed by atoms with E-state index in [0.717, 1.165) is 17.5 Å². The molecular formula is C19H30ClN. The molecule has 2 heteroatoms. The minimum Gasteiger partial charge on any atom is -0.310 e. The molecule has 1 atom stereocenters. The maximum absolute atomic E-state index is 6.33. The summed E-state index contributed by atoms with van der Waals surface area (Å²) in [5.41, 5.74) is 2.53. The predicted octanol–water partition coefficient (Wildman–Crippen LogP) is 6.05. The molecule has 0 aromatic heterocycles. The molecule has 118 valence electrons. The average molecular weight is 308 g/mol. The van der Waals surface area contributed by atoms with Gasteiger partial charge in [-0.05, 0) is 49.4 Å². The van der Waals surface area contributed by atoms with E-state index in [1.165, 1.54) is 62.5 Å². The van der Waals surface area contributed by atoms with Crippen molar-refractivity contribution in [2.45, 2.75) is 71.3 Å². The molecular weight excluding hydrogens is 278 g/mol. The SMILES string of the molecule is CCCNC(CC1CCCCCC1)c1ccc(C)c(Cl)c1. The first-order chi connectivity index (χ1) is 10.2. The zero-order valence-corrected chi connectivity index (χ0v) is 14.4. The van der Waals surface area contributed by atoms with E-state index in [-0.39, 0.29) is 0 Å². The van der Waals surface area contributed by atoms with Gasteiger partial charge >= 0.3 is 0 Å². The standard InChI is InChI=1S/C19H30ClN/c1-3-12-21-19(13-16-8-6-4-5-7-9-16)17-11-10-15(2)18(20)14-17/h10-11,14,16,19,21H,3-9,12-13H2,1-2H3. The monoisotopic (exact) mass is 307 g/mol. The van der Waals surface area contributed by atoms with Crippen molar-refractivity contribution in [3.63, 3.8) is 0 Å². The molecule has 1 saturated carbocycles. The molecule has 0 radical (unpaired) electrons. The third-order valence-electron chi connectivity index (χ3n) is 4.78. The molecule has 1 aromatic carbocycles. The van der Waals surface area contributed by atoms with Crippen LogP contribution in [-0.4, -0.2) is 6.54 Å². The number of rotatable bonds is 6. The lowest BCUT2D eigenvalue weighted by Crippen LogP contribution is -2.24. The van der Waals surface area contributed by atoms with Crippen molar-refractivity contribution in [2.24, 2.45) is 5.92 Å². The molecule has 1 aliphatic carbocycles. The largest absolute Gasteiger partial charge is 0.310 e. The molecule has 0 aliphatic heterocycles. The van der Waals surface area contributed by atoms with Crippen LogP contribution in [0.3, 0.4) is 0 Å². The Morgan fingerprint density at radius 3 is 2.52 bits per heavy atom. The molecule has 0 saturated heterocycles. The van der Waals surface area contributed by atoms with Crippen LogP contribution in [0.4, 0.5) is 0 Å². The lowest BCUT2D eigenvalue weighted by molar-refractivity contribution is 0.356. The van der Waals surface area contributed by atoms with E-state index in [1.54, 1.807) is 0 Å². The van der Waals surface area contributed by atoms with E-state index in [2.05, 4.69) is 37.4 Å². The lowest BCUT2D eigenvalue weighted by Gasteiger charge is -2.24.